The predicted molar refractivity (Wildman–Crippen MR) is 105 cm³/mol. The average molecular weight is 368 g/mol. The highest BCUT2D eigenvalue weighted by Gasteiger charge is 2.07. The van der Waals surface area contributed by atoms with Crippen molar-refractivity contribution in [1.82, 2.24) is 0 Å². The van der Waals surface area contributed by atoms with Crippen LogP contribution >= 0.6 is 22.7 Å². The number of rotatable bonds is 5. The molecule has 0 saturated heterocycles. The highest BCUT2D eigenvalue weighted by molar-refractivity contribution is 7.12. The van der Waals surface area contributed by atoms with Gasteiger partial charge in [0.15, 0.2) is 0 Å². The number of hydrogen-bond donors (Lipinski definition) is 2. The molecule has 0 aliphatic carbocycles. The molecule has 2 N–H and O–H groups in total. The van der Waals surface area contributed by atoms with Gasteiger partial charge < -0.3 is 10.6 Å². The maximum atomic E-state index is 12.1. The Morgan fingerprint density at radius 3 is 2.48 bits per heavy atom. The summed E-state index contributed by atoms with van der Waals surface area (Å²) in [6.07, 6.45) is 3.29. The van der Waals surface area contributed by atoms with Crippen LogP contribution in [-0.2, 0) is 4.79 Å². The first-order valence-corrected chi connectivity index (χ1v) is 9.30. The van der Waals surface area contributed by atoms with E-state index in [1.165, 1.54) is 22.3 Å². The number of hydrogen-bond acceptors (Lipinski definition) is 4. The summed E-state index contributed by atoms with van der Waals surface area (Å²) >= 11 is 3.01. The SMILES string of the molecule is Cc1ccc(/C=C/C(=O)Nc2cccc(NC(=O)c3cccs3)c2)s1. The largest absolute Gasteiger partial charge is 0.322 e. The monoisotopic (exact) mass is 368 g/mol. The molecule has 0 fully saturated rings. The van der Waals surface area contributed by atoms with Crippen LogP contribution in [0.15, 0.2) is 60.0 Å². The van der Waals surface area contributed by atoms with Gasteiger partial charge in [-0.05, 0) is 54.8 Å². The van der Waals surface area contributed by atoms with Crippen molar-refractivity contribution in [2.24, 2.45) is 0 Å². The minimum absolute atomic E-state index is 0.161. The van der Waals surface area contributed by atoms with Gasteiger partial charge in [0, 0.05) is 27.2 Å². The Balaban J connectivity index is 1.62. The molecule has 0 radical (unpaired) electrons. The molecular weight excluding hydrogens is 352 g/mol. The summed E-state index contributed by atoms with van der Waals surface area (Å²) < 4.78 is 0. The molecule has 0 aliphatic heterocycles. The summed E-state index contributed by atoms with van der Waals surface area (Å²) in [5.41, 5.74) is 1.26. The van der Waals surface area contributed by atoms with Gasteiger partial charge in [-0.25, -0.2) is 0 Å². The number of anilines is 2. The molecule has 0 bridgehead atoms. The molecule has 2 heterocycles. The Bertz CT molecular complexity index is 911. The highest BCUT2D eigenvalue weighted by Crippen LogP contribution is 2.19. The van der Waals surface area contributed by atoms with Crippen molar-refractivity contribution in [3.05, 3.63) is 74.6 Å². The standard InChI is InChI=1S/C19H16N2O2S2/c1-13-7-8-16(25-13)9-10-18(22)20-14-4-2-5-15(12-14)21-19(23)17-6-3-11-24-17/h2-12H,1H3,(H,20,22)(H,21,23)/b10-9+. The quantitative estimate of drug-likeness (QED) is 0.621. The zero-order valence-corrected chi connectivity index (χ0v) is 15.1. The number of carbonyl (C=O) groups excluding carboxylic acids is 2. The van der Waals surface area contributed by atoms with E-state index >= 15 is 0 Å². The van der Waals surface area contributed by atoms with Crippen LogP contribution in [0.1, 0.15) is 19.4 Å². The molecule has 0 saturated carbocycles. The van der Waals surface area contributed by atoms with Crippen molar-refractivity contribution < 1.29 is 9.59 Å². The van der Waals surface area contributed by atoms with Crippen LogP contribution in [0.25, 0.3) is 6.08 Å². The Labute approximate surface area is 153 Å². The van der Waals surface area contributed by atoms with Gasteiger partial charge in [0.05, 0.1) is 4.88 Å². The Morgan fingerprint density at radius 2 is 1.80 bits per heavy atom. The zero-order chi connectivity index (χ0) is 17.6. The van der Waals surface area contributed by atoms with Crippen LogP contribution in [0.3, 0.4) is 0 Å². The predicted octanol–water partition coefficient (Wildman–Crippen LogP) is 5.02. The lowest BCUT2D eigenvalue weighted by Crippen LogP contribution is -2.11. The maximum Gasteiger partial charge on any atom is 0.265 e. The smallest absolute Gasteiger partial charge is 0.265 e. The molecular formula is C19H16N2O2S2. The van der Waals surface area contributed by atoms with Gasteiger partial charge in [0.25, 0.3) is 5.91 Å². The van der Waals surface area contributed by atoms with Gasteiger partial charge in [-0.15, -0.1) is 22.7 Å². The third-order valence-corrected chi connectivity index (χ3v) is 5.13. The molecule has 0 atom stereocenters. The van der Waals surface area contributed by atoms with E-state index in [4.69, 9.17) is 0 Å². The molecule has 4 nitrogen and oxygen atoms in total. The third kappa shape index (κ3) is 4.89. The van der Waals surface area contributed by atoms with E-state index in [0.717, 1.165) is 4.88 Å². The van der Waals surface area contributed by atoms with E-state index in [-0.39, 0.29) is 11.8 Å². The van der Waals surface area contributed by atoms with E-state index in [0.29, 0.717) is 16.3 Å². The van der Waals surface area contributed by atoms with Gasteiger partial charge in [-0.3, -0.25) is 9.59 Å². The van der Waals surface area contributed by atoms with Crippen molar-refractivity contribution in [1.29, 1.82) is 0 Å². The van der Waals surface area contributed by atoms with Crippen molar-refractivity contribution in [2.75, 3.05) is 10.6 Å². The van der Waals surface area contributed by atoms with Crippen LogP contribution in [0.4, 0.5) is 11.4 Å². The summed E-state index contributed by atoms with van der Waals surface area (Å²) in [4.78, 5) is 27.0. The van der Waals surface area contributed by atoms with Gasteiger partial charge in [-0.2, -0.15) is 0 Å². The molecule has 3 aromatic rings. The third-order valence-electron chi connectivity index (χ3n) is 3.29. The number of thiophene rings is 2. The highest BCUT2D eigenvalue weighted by atomic mass is 32.1. The Hall–Kier alpha value is -2.70. The molecule has 0 aliphatic rings. The van der Waals surface area contributed by atoms with Crippen molar-refractivity contribution >= 4 is 51.9 Å². The second kappa shape index (κ2) is 7.92. The van der Waals surface area contributed by atoms with Gasteiger partial charge >= 0.3 is 0 Å². The topological polar surface area (TPSA) is 58.2 Å². The normalized spacial score (nSPS) is 10.8. The number of benzene rings is 1. The minimum Gasteiger partial charge on any atom is -0.322 e. The lowest BCUT2D eigenvalue weighted by Gasteiger charge is -2.07. The lowest BCUT2D eigenvalue weighted by molar-refractivity contribution is -0.111. The summed E-state index contributed by atoms with van der Waals surface area (Å²) in [5, 5.41) is 7.47. The zero-order valence-electron chi connectivity index (χ0n) is 13.5. The lowest BCUT2D eigenvalue weighted by atomic mass is 10.2. The number of carbonyl (C=O) groups is 2. The number of nitrogens with one attached hydrogen (secondary N) is 2. The van der Waals surface area contributed by atoms with Crippen molar-refractivity contribution in [3.63, 3.8) is 0 Å². The van der Waals surface area contributed by atoms with Crippen molar-refractivity contribution in [3.8, 4) is 0 Å². The molecule has 3 rings (SSSR count). The Morgan fingerprint density at radius 1 is 1.00 bits per heavy atom. The molecule has 0 spiro atoms. The molecule has 2 amide bonds. The number of amides is 2. The van der Waals surface area contributed by atoms with Gasteiger partial charge in [0.1, 0.15) is 0 Å². The van der Waals surface area contributed by atoms with E-state index < -0.39 is 0 Å². The van der Waals surface area contributed by atoms with Crippen molar-refractivity contribution in [2.45, 2.75) is 6.92 Å². The molecule has 2 aromatic heterocycles. The summed E-state index contributed by atoms with van der Waals surface area (Å²) in [6, 6.07) is 14.7. The molecule has 6 heteroatoms. The minimum atomic E-state index is -0.215. The van der Waals surface area contributed by atoms with Gasteiger partial charge in [-0.1, -0.05) is 12.1 Å². The van der Waals surface area contributed by atoms with Crippen LogP contribution in [0.2, 0.25) is 0 Å². The van der Waals surface area contributed by atoms with Crippen LogP contribution in [0.5, 0.6) is 0 Å². The second-order valence-electron chi connectivity index (χ2n) is 5.28. The first-order valence-electron chi connectivity index (χ1n) is 7.60. The Kier molecular flexibility index (Phi) is 5.42. The fraction of sp³-hybridized carbons (Fsp3) is 0.0526. The molecule has 1 aromatic carbocycles. The first kappa shape index (κ1) is 17.1. The maximum absolute atomic E-state index is 12.1. The fourth-order valence-corrected chi connectivity index (χ4v) is 3.56. The molecule has 0 unspecified atom stereocenters. The fourth-order valence-electron chi connectivity index (χ4n) is 2.16. The van der Waals surface area contributed by atoms with E-state index in [1.807, 2.05) is 30.5 Å². The summed E-state index contributed by atoms with van der Waals surface area (Å²) in [7, 11) is 0. The van der Waals surface area contributed by atoms with E-state index in [9.17, 15) is 9.59 Å². The van der Waals surface area contributed by atoms with Crippen LogP contribution in [-0.4, -0.2) is 11.8 Å². The first-order chi connectivity index (χ1) is 12.1. The summed E-state index contributed by atoms with van der Waals surface area (Å²) in [6.45, 7) is 2.03. The van der Waals surface area contributed by atoms with Crippen LogP contribution in [0, 0.1) is 6.92 Å². The van der Waals surface area contributed by atoms with Crippen LogP contribution < -0.4 is 10.6 Å². The van der Waals surface area contributed by atoms with Gasteiger partial charge in [0.2, 0.25) is 5.91 Å². The second-order valence-corrected chi connectivity index (χ2v) is 7.55. The average Bonchev–Trinajstić information content (AvgIpc) is 3.25. The summed E-state index contributed by atoms with van der Waals surface area (Å²) in [5.74, 6) is -0.376. The number of aryl methyl sites for hydroxylation is 1. The molecule has 126 valence electrons. The van der Waals surface area contributed by atoms with E-state index in [2.05, 4.69) is 10.6 Å². The molecule has 25 heavy (non-hydrogen) atoms. The van der Waals surface area contributed by atoms with E-state index in [1.54, 1.807) is 47.7 Å².